The van der Waals surface area contributed by atoms with Gasteiger partial charge >= 0.3 is 0 Å². The van der Waals surface area contributed by atoms with Crippen molar-refractivity contribution in [1.29, 1.82) is 0 Å². The van der Waals surface area contributed by atoms with Crippen LogP contribution in [-0.2, 0) is 6.42 Å². The molecule has 1 N–H and O–H groups in total. The van der Waals surface area contributed by atoms with Crippen molar-refractivity contribution in [2.24, 2.45) is 0 Å². The molecule has 1 atom stereocenters. The second-order valence-electron chi connectivity index (χ2n) is 5.18. The summed E-state index contributed by atoms with van der Waals surface area (Å²) in [5.41, 5.74) is 2.38. The third-order valence-electron chi connectivity index (χ3n) is 3.79. The predicted molar refractivity (Wildman–Crippen MR) is 84.4 cm³/mol. The van der Waals surface area contributed by atoms with Crippen LogP contribution in [0.4, 0.5) is 0 Å². The van der Waals surface area contributed by atoms with Gasteiger partial charge in [0.25, 0.3) is 0 Å². The van der Waals surface area contributed by atoms with Crippen LogP contribution in [0.25, 0.3) is 0 Å². The molecule has 3 rings (SSSR count). The van der Waals surface area contributed by atoms with Crippen molar-refractivity contribution in [3.63, 3.8) is 0 Å². The van der Waals surface area contributed by atoms with Crippen molar-refractivity contribution in [2.45, 2.75) is 25.3 Å². The Morgan fingerprint density at radius 1 is 1.29 bits per heavy atom. The summed E-state index contributed by atoms with van der Waals surface area (Å²) in [6.07, 6.45) is 3.27. The first-order valence-corrected chi connectivity index (χ1v) is 8.06. The van der Waals surface area contributed by atoms with Crippen LogP contribution < -0.4 is 14.8 Å². The lowest BCUT2D eigenvalue weighted by Crippen LogP contribution is -2.13. The number of methoxy groups -OCH3 is 2. The highest BCUT2D eigenvalue weighted by molar-refractivity contribution is 7.09. The molecule has 112 valence electrons. The van der Waals surface area contributed by atoms with Gasteiger partial charge < -0.3 is 14.8 Å². The second-order valence-corrected chi connectivity index (χ2v) is 6.12. The summed E-state index contributed by atoms with van der Waals surface area (Å²) in [7, 11) is 3.31. The molecule has 5 heteroatoms. The average Bonchev–Trinajstić information content (AvgIpc) is 3.17. The Balaban J connectivity index is 1.74. The number of nitrogens with zero attached hydrogens (tertiary/aromatic N) is 1. The van der Waals surface area contributed by atoms with E-state index in [9.17, 15) is 0 Å². The van der Waals surface area contributed by atoms with Gasteiger partial charge in [-0.3, -0.25) is 0 Å². The maximum atomic E-state index is 5.35. The molecule has 2 heterocycles. The first-order valence-electron chi connectivity index (χ1n) is 7.18. The molecule has 1 aliphatic heterocycles. The molecule has 1 aromatic heterocycles. The van der Waals surface area contributed by atoms with E-state index in [0.717, 1.165) is 29.5 Å². The van der Waals surface area contributed by atoms with Gasteiger partial charge in [-0.2, -0.15) is 0 Å². The van der Waals surface area contributed by atoms with Crippen molar-refractivity contribution < 1.29 is 9.47 Å². The van der Waals surface area contributed by atoms with Gasteiger partial charge in [-0.05, 0) is 37.1 Å². The molecule has 0 radical (unpaired) electrons. The summed E-state index contributed by atoms with van der Waals surface area (Å²) in [6.45, 7) is 1.10. The SMILES string of the molecule is COc1ccc(Cc2nc([C@@H]3CCCN3)cs2)cc1OC. The molecule has 0 amide bonds. The van der Waals surface area contributed by atoms with Crippen LogP contribution in [0, 0.1) is 0 Å². The first kappa shape index (κ1) is 14.4. The molecule has 2 aromatic rings. The molecular formula is C16H20N2O2S. The van der Waals surface area contributed by atoms with E-state index in [1.54, 1.807) is 25.6 Å². The van der Waals surface area contributed by atoms with Crippen LogP contribution >= 0.6 is 11.3 Å². The van der Waals surface area contributed by atoms with Crippen molar-refractivity contribution >= 4 is 11.3 Å². The third-order valence-corrected chi connectivity index (χ3v) is 4.66. The Morgan fingerprint density at radius 3 is 2.86 bits per heavy atom. The Bertz CT molecular complexity index is 606. The minimum atomic E-state index is 0.445. The zero-order chi connectivity index (χ0) is 14.7. The van der Waals surface area contributed by atoms with Crippen molar-refractivity contribution in [2.75, 3.05) is 20.8 Å². The van der Waals surface area contributed by atoms with Gasteiger partial charge in [0.2, 0.25) is 0 Å². The summed E-state index contributed by atoms with van der Waals surface area (Å²) in [5, 5.41) is 6.82. The van der Waals surface area contributed by atoms with E-state index in [-0.39, 0.29) is 0 Å². The Morgan fingerprint density at radius 2 is 2.14 bits per heavy atom. The Labute approximate surface area is 129 Å². The summed E-state index contributed by atoms with van der Waals surface area (Å²) >= 11 is 1.73. The molecule has 1 aromatic carbocycles. The van der Waals surface area contributed by atoms with Crippen LogP contribution in [0.5, 0.6) is 11.5 Å². The van der Waals surface area contributed by atoms with Gasteiger partial charge in [-0.1, -0.05) is 6.07 Å². The van der Waals surface area contributed by atoms with Gasteiger partial charge in [0.1, 0.15) is 0 Å². The summed E-state index contributed by atoms with van der Waals surface area (Å²) in [5.74, 6) is 1.53. The smallest absolute Gasteiger partial charge is 0.160 e. The third kappa shape index (κ3) is 3.19. The molecular weight excluding hydrogens is 284 g/mol. The molecule has 0 bridgehead atoms. The van der Waals surface area contributed by atoms with Crippen molar-refractivity contribution in [3.05, 3.63) is 39.8 Å². The first-order chi connectivity index (χ1) is 10.3. The lowest BCUT2D eigenvalue weighted by molar-refractivity contribution is 0.354. The largest absolute Gasteiger partial charge is 0.493 e. The molecule has 0 aliphatic carbocycles. The molecule has 1 aliphatic rings. The van der Waals surface area contributed by atoms with Crippen LogP contribution in [0.2, 0.25) is 0 Å². The van der Waals surface area contributed by atoms with Gasteiger partial charge in [0.05, 0.1) is 31.0 Å². The van der Waals surface area contributed by atoms with E-state index < -0.39 is 0 Å². The highest BCUT2D eigenvalue weighted by atomic mass is 32.1. The number of aromatic nitrogens is 1. The highest BCUT2D eigenvalue weighted by Crippen LogP contribution is 2.30. The summed E-state index contributed by atoms with van der Waals surface area (Å²) in [4.78, 5) is 4.77. The Kier molecular flexibility index (Phi) is 4.41. The quantitative estimate of drug-likeness (QED) is 0.921. The topological polar surface area (TPSA) is 43.4 Å². The van der Waals surface area contributed by atoms with Gasteiger partial charge in [-0.15, -0.1) is 11.3 Å². The van der Waals surface area contributed by atoms with Crippen LogP contribution in [-0.4, -0.2) is 25.7 Å². The fourth-order valence-corrected chi connectivity index (χ4v) is 3.55. The number of ether oxygens (including phenoxy) is 2. The van der Waals surface area contributed by atoms with Crippen LogP contribution in [0.3, 0.4) is 0 Å². The molecule has 1 fully saturated rings. The zero-order valence-corrected chi connectivity index (χ0v) is 13.2. The van der Waals surface area contributed by atoms with Crippen LogP contribution in [0.1, 0.15) is 35.1 Å². The van der Waals surface area contributed by atoms with Gasteiger partial charge in [-0.25, -0.2) is 4.98 Å². The van der Waals surface area contributed by atoms with E-state index in [0.29, 0.717) is 6.04 Å². The Hall–Kier alpha value is -1.59. The summed E-state index contributed by atoms with van der Waals surface area (Å²) in [6, 6.07) is 6.48. The van der Waals surface area contributed by atoms with E-state index in [4.69, 9.17) is 14.5 Å². The predicted octanol–water partition coefficient (Wildman–Crippen LogP) is 3.18. The molecule has 0 spiro atoms. The highest BCUT2D eigenvalue weighted by Gasteiger charge is 2.19. The number of nitrogens with one attached hydrogen (secondary N) is 1. The van der Waals surface area contributed by atoms with E-state index in [1.807, 2.05) is 12.1 Å². The zero-order valence-electron chi connectivity index (χ0n) is 12.4. The minimum absolute atomic E-state index is 0.445. The lowest BCUT2D eigenvalue weighted by atomic mass is 10.1. The van der Waals surface area contributed by atoms with E-state index >= 15 is 0 Å². The molecule has 0 saturated carbocycles. The fraction of sp³-hybridized carbons (Fsp3) is 0.438. The summed E-state index contributed by atoms with van der Waals surface area (Å²) < 4.78 is 10.6. The minimum Gasteiger partial charge on any atom is -0.493 e. The number of hydrogen-bond donors (Lipinski definition) is 1. The standard InChI is InChI=1S/C16H20N2O2S/c1-19-14-6-5-11(8-15(14)20-2)9-16-18-13(10-21-16)12-4-3-7-17-12/h5-6,8,10,12,17H,3-4,7,9H2,1-2H3/t12-/m0/s1. The van der Waals surface area contributed by atoms with Crippen molar-refractivity contribution in [3.8, 4) is 11.5 Å². The molecule has 21 heavy (non-hydrogen) atoms. The van der Waals surface area contributed by atoms with E-state index in [1.165, 1.54) is 24.1 Å². The lowest BCUT2D eigenvalue weighted by Gasteiger charge is -2.09. The number of thiazole rings is 1. The molecule has 0 unspecified atom stereocenters. The molecule has 1 saturated heterocycles. The number of rotatable bonds is 5. The van der Waals surface area contributed by atoms with Crippen LogP contribution in [0.15, 0.2) is 23.6 Å². The monoisotopic (exact) mass is 304 g/mol. The van der Waals surface area contributed by atoms with Gasteiger partial charge in [0.15, 0.2) is 11.5 Å². The fourth-order valence-electron chi connectivity index (χ4n) is 2.67. The average molecular weight is 304 g/mol. The van der Waals surface area contributed by atoms with E-state index in [2.05, 4.69) is 16.8 Å². The maximum Gasteiger partial charge on any atom is 0.160 e. The number of hydrogen-bond acceptors (Lipinski definition) is 5. The maximum absolute atomic E-state index is 5.35. The van der Waals surface area contributed by atoms with Gasteiger partial charge in [0, 0.05) is 11.8 Å². The number of benzene rings is 1. The molecule has 4 nitrogen and oxygen atoms in total. The van der Waals surface area contributed by atoms with Crippen molar-refractivity contribution in [1.82, 2.24) is 10.3 Å². The normalized spacial score (nSPS) is 17.9. The second kappa shape index (κ2) is 6.45.